The van der Waals surface area contributed by atoms with E-state index >= 15 is 0 Å². The molecule has 0 aliphatic carbocycles. The van der Waals surface area contributed by atoms with Crippen molar-refractivity contribution in [2.75, 3.05) is 13.2 Å². The summed E-state index contributed by atoms with van der Waals surface area (Å²) in [6, 6.07) is 13.0. The van der Waals surface area contributed by atoms with Gasteiger partial charge in [-0.1, -0.05) is 0 Å². The van der Waals surface area contributed by atoms with Crippen LogP contribution < -0.4 is 10.1 Å². The quantitative estimate of drug-likeness (QED) is 0.698. The zero-order valence-corrected chi connectivity index (χ0v) is 15.2. The highest BCUT2D eigenvalue weighted by atomic mass is 19.1. The molecule has 0 spiro atoms. The van der Waals surface area contributed by atoms with Gasteiger partial charge in [-0.15, -0.1) is 0 Å². The molecule has 27 heavy (non-hydrogen) atoms. The predicted molar refractivity (Wildman–Crippen MR) is 102 cm³/mol. The second kappa shape index (κ2) is 8.14. The molecule has 6 heteroatoms. The van der Waals surface area contributed by atoms with Gasteiger partial charge < -0.3 is 15.2 Å². The van der Waals surface area contributed by atoms with Crippen molar-refractivity contribution in [3.05, 3.63) is 59.9 Å². The van der Waals surface area contributed by atoms with Crippen molar-refractivity contribution in [3.8, 4) is 17.0 Å². The van der Waals surface area contributed by atoms with Crippen molar-refractivity contribution in [2.45, 2.75) is 20.0 Å². The summed E-state index contributed by atoms with van der Waals surface area (Å²) < 4.78 is 18.9. The number of aromatic nitrogens is 1. The number of carbonyl (C=O) groups is 1. The molecule has 1 heterocycles. The van der Waals surface area contributed by atoms with Crippen LogP contribution in [0.1, 0.15) is 24.2 Å². The highest BCUT2D eigenvalue weighted by Gasteiger charge is 2.13. The molecular formula is C21H21FN2O3. The largest absolute Gasteiger partial charge is 0.493 e. The number of nitrogens with zero attached hydrogens (tertiary/aromatic N) is 1. The molecule has 0 fully saturated rings. The molecule has 0 saturated heterocycles. The van der Waals surface area contributed by atoms with E-state index in [2.05, 4.69) is 10.3 Å². The fourth-order valence-electron chi connectivity index (χ4n) is 2.72. The van der Waals surface area contributed by atoms with Gasteiger partial charge in [0.25, 0.3) is 5.91 Å². The van der Waals surface area contributed by atoms with Crippen LogP contribution in [0.5, 0.6) is 5.75 Å². The lowest BCUT2D eigenvalue weighted by Crippen LogP contribution is -2.30. The number of hydrogen-bond donors (Lipinski definition) is 2. The van der Waals surface area contributed by atoms with E-state index in [0.29, 0.717) is 34.5 Å². The molecule has 0 saturated carbocycles. The molecule has 1 atom stereocenters. The Bertz CT molecular complexity index is 956. The minimum Gasteiger partial charge on any atom is -0.493 e. The third-order valence-electron chi connectivity index (χ3n) is 4.03. The van der Waals surface area contributed by atoms with E-state index in [4.69, 9.17) is 4.74 Å². The molecular weight excluding hydrogens is 347 g/mol. The Morgan fingerprint density at radius 3 is 2.63 bits per heavy atom. The zero-order chi connectivity index (χ0) is 19.4. The Hall–Kier alpha value is -2.99. The van der Waals surface area contributed by atoms with E-state index in [1.165, 1.54) is 12.1 Å². The van der Waals surface area contributed by atoms with E-state index in [-0.39, 0.29) is 18.3 Å². The summed E-state index contributed by atoms with van der Waals surface area (Å²) in [4.78, 5) is 16.9. The maximum absolute atomic E-state index is 13.2. The molecule has 0 radical (unpaired) electrons. The summed E-state index contributed by atoms with van der Waals surface area (Å²) in [7, 11) is 0. The summed E-state index contributed by atoms with van der Waals surface area (Å²) in [5, 5.41) is 12.7. The van der Waals surface area contributed by atoms with E-state index in [1.54, 1.807) is 43.3 Å². The highest BCUT2D eigenvalue weighted by Crippen LogP contribution is 2.31. The predicted octanol–water partition coefficient (Wildman–Crippen LogP) is 3.55. The van der Waals surface area contributed by atoms with Crippen LogP contribution in [0, 0.1) is 5.82 Å². The van der Waals surface area contributed by atoms with E-state index in [9.17, 15) is 14.3 Å². The first-order valence-electron chi connectivity index (χ1n) is 8.77. The number of pyridine rings is 1. The van der Waals surface area contributed by atoms with Crippen molar-refractivity contribution in [1.29, 1.82) is 0 Å². The normalized spacial score (nSPS) is 12.0. The van der Waals surface area contributed by atoms with Crippen LogP contribution >= 0.6 is 0 Å². The molecule has 3 aromatic rings. The highest BCUT2D eigenvalue weighted by molar-refractivity contribution is 5.99. The number of rotatable bonds is 6. The SMILES string of the molecule is CCOc1cc(-c2ccc(F)cc2)nc2ccc(C(=O)NC[C@@H](C)O)cc12. The average molecular weight is 368 g/mol. The minimum absolute atomic E-state index is 0.178. The topological polar surface area (TPSA) is 71.5 Å². The molecule has 3 rings (SSSR count). The van der Waals surface area contributed by atoms with E-state index < -0.39 is 6.10 Å². The third-order valence-corrected chi connectivity index (χ3v) is 4.03. The fraction of sp³-hybridized carbons (Fsp3) is 0.238. The van der Waals surface area contributed by atoms with Crippen LogP contribution in [-0.2, 0) is 0 Å². The molecule has 2 aromatic carbocycles. The Morgan fingerprint density at radius 2 is 1.96 bits per heavy atom. The van der Waals surface area contributed by atoms with Gasteiger partial charge in [-0.05, 0) is 56.3 Å². The standard InChI is InChI=1S/C21H21FN2O3/c1-3-27-20-11-19(14-4-7-16(22)8-5-14)24-18-9-6-15(10-17(18)20)21(26)23-12-13(2)25/h4-11,13,25H,3,12H2,1-2H3,(H,23,26)/t13-/m1/s1. The summed E-state index contributed by atoms with van der Waals surface area (Å²) in [5.74, 6) is 0.0206. The van der Waals surface area contributed by atoms with Crippen molar-refractivity contribution in [3.63, 3.8) is 0 Å². The Kier molecular flexibility index (Phi) is 5.66. The number of hydrogen-bond acceptors (Lipinski definition) is 4. The summed E-state index contributed by atoms with van der Waals surface area (Å²) in [6.45, 7) is 4.12. The van der Waals surface area contributed by atoms with Gasteiger partial charge >= 0.3 is 0 Å². The first-order chi connectivity index (χ1) is 13.0. The number of amides is 1. The van der Waals surface area contributed by atoms with Gasteiger partial charge in [0.05, 0.1) is 23.9 Å². The van der Waals surface area contributed by atoms with Crippen molar-refractivity contribution >= 4 is 16.8 Å². The van der Waals surface area contributed by atoms with Gasteiger partial charge in [-0.3, -0.25) is 4.79 Å². The Balaban J connectivity index is 2.03. The molecule has 0 bridgehead atoms. The van der Waals surface area contributed by atoms with Crippen LogP contribution in [0.3, 0.4) is 0 Å². The van der Waals surface area contributed by atoms with Gasteiger partial charge in [-0.2, -0.15) is 0 Å². The lowest BCUT2D eigenvalue weighted by Gasteiger charge is -2.12. The minimum atomic E-state index is -0.617. The van der Waals surface area contributed by atoms with Crippen LogP contribution in [0.25, 0.3) is 22.2 Å². The number of benzene rings is 2. The van der Waals surface area contributed by atoms with Gasteiger partial charge in [0, 0.05) is 29.1 Å². The zero-order valence-electron chi connectivity index (χ0n) is 15.2. The summed E-state index contributed by atoms with van der Waals surface area (Å²) in [5.41, 5.74) is 2.57. The molecule has 1 aromatic heterocycles. The van der Waals surface area contributed by atoms with Crippen molar-refractivity contribution in [2.24, 2.45) is 0 Å². The maximum Gasteiger partial charge on any atom is 0.251 e. The summed E-state index contributed by atoms with van der Waals surface area (Å²) >= 11 is 0. The number of halogens is 1. The van der Waals surface area contributed by atoms with Crippen molar-refractivity contribution < 1.29 is 19.0 Å². The third kappa shape index (κ3) is 4.41. The Labute approximate surface area is 156 Å². The second-order valence-corrected chi connectivity index (χ2v) is 6.24. The number of ether oxygens (including phenoxy) is 1. The van der Waals surface area contributed by atoms with Crippen LogP contribution in [-0.4, -0.2) is 35.3 Å². The number of aliphatic hydroxyl groups is 1. The molecule has 1 amide bonds. The number of carbonyl (C=O) groups excluding carboxylic acids is 1. The van der Waals surface area contributed by atoms with E-state index in [1.807, 2.05) is 6.92 Å². The Morgan fingerprint density at radius 1 is 1.22 bits per heavy atom. The first-order valence-corrected chi connectivity index (χ1v) is 8.77. The molecule has 0 unspecified atom stereocenters. The van der Waals surface area contributed by atoms with E-state index in [0.717, 1.165) is 5.56 Å². The van der Waals surface area contributed by atoms with Gasteiger partial charge in [0.15, 0.2) is 0 Å². The smallest absolute Gasteiger partial charge is 0.251 e. The van der Waals surface area contributed by atoms with Gasteiger partial charge in [0.2, 0.25) is 0 Å². The van der Waals surface area contributed by atoms with Crippen LogP contribution in [0.4, 0.5) is 4.39 Å². The number of aliphatic hydroxyl groups excluding tert-OH is 1. The van der Waals surface area contributed by atoms with Crippen LogP contribution in [0.15, 0.2) is 48.5 Å². The molecule has 5 nitrogen and oxygen atoms in total. The number of nitrogens with one attached hydrogen (secondary N) is 1. The lowest BCUT2D eigenvalue weighted by atomic mass is 10.1. The average Bonchev–Trinajstić information content (AvgIpc) is 2.66. The van der Waals surface area contributed by atoms with Gasteiger partial charge in [-0.25, -0.2) is 9.37 Å². The van der Waals surface area contributed by atoms with Crippen molar-refractivity contribution in [1.82, 2.24) is 10.3 Å². The monoisotopic (exact) mass is 368 g/mol. The molecule has 0 aliphatic rings. The lowest BCUT2D eigenvalue weighted by molar-refractivity contribution is 0.0924. The van der Waals surface area contributed by atoms with Crippen LogP contribution in [0.2, 0.25) is 0 Å². The first kappa shape index (κ1) is 18.8. The molecule has 2 N–H and O–H groups in total. The number of fused-ring (bicyclic) bond motifs is 1. The molecule has 0 aliphatic heterocycles. The molecule has 140 valence electrons. The summed E-state index contributed by atoms with van der Waals surface area (Å²) in [6.07, 6.45) is -0.617. The fourth-order valence-corrected chi connectivity index (χ4v) is 2.72. The maximum atomic E-state index is 13.2. The van der Waals surface area contributed by atoms with Gasteiger partial charge in [0.1, 0.15) is 11.6 Å². The second-order valence-electron chi connectivity index (χ2n) is 6.24.